The van der Waals surface area contributed by atoms with E-state index in [1.807, 2.05) is 0 Å². The second kappa shape index (κ2) is 4.45. The van der Waals surface area contributed by atoms with Gasteiger partial charge in [0, 0.05) is 17.6 Å². The van der Waals surface area contributed by atoms with Crippen molar-refractivity contribution in [3.8, 4) is 0 Å². The average molecular weight is 255 g/mol. The van der Waals surface area contributed by atoms with Gasteiger partial charge in [0.25, 0.3) is 0 Å². The van der Waals surface area contributed by atoms with Crippen molar-refractivity contribution in [3.63, 3.8) is 0 Å². The third-order valence-electron chi connectivity index (χ3n) is 4.43. The molecular weight excluding hydrogens is 226 g/mol. The van der Waals surface area contributed by atoms with Gasteiger partial charge >= 0.3 is 0 Å². The smallest absolute Gasteiger partial charge is 0.0155 e. The summed E-state index contributed by atoms with van der Waals surface area (Å²) in [5, 5.41) is 0. The fourth-order valence-corrected chi connectivity index (χ4v) is 4.98. The standard InChI is InChI=1S/C15H29NS/c1-14(2,3)13-9-11-10-17-8-7-12(11)16(13)15(4,5)6/h11-13H,7-10H2,1-6H3. The second-order valence-electron chi connectivity index (χ2n) is 7.89. The topological polar surface area (TPSA) is 3.24 Å². The summed E-state index contributed by atoms with van der Waals surface area (Å²) in [5.41, 5.74) is 0.731. The quantitative estimate of drug-likeness (QED) is 0.643. The van der Waals surface area contributed by atoms with Crippen LogP contribution in [-0.4, -0.2) is 34.0 Å². The van der Waals surface area contributed by atoms with Gasteiger partial charge in [-0.25, -0.2) is 0 Å². The van der Waals surface area contributed by atoms with Crippen molar-refractivity contribution in [2.45, 2.75) is 72.0 Å². The van der Waals surface area contributed by atoms with E-state index in [1.54, 1.807) is 0 Å². The lowest BCUT2D eigenvalue weighted by Crippen LogP contribution is -2.54. The molecule has 0 amide bonds. The molecule has 2 saturated heterocycles. The van der Waals surface area contributed by atoms with E-state index >= 15 is 0 Å². The highest BCUT2D eigenvalue weighted by Crippen LogP contribution is 2.47. The van der Waals surface area contributed by atoms with E-state index in [1.165, 1.54) is 24.3 Å². The van der Waals surface area contributed by atoms with Crippen LogP contribution in [0.15, 0.2) is 0 Å². The molecule has 2 rings (SSSR count). The number of thioether (sulfide) groups is 1. The van der Waals surface area contributed by atoms with Gasteiger partial charge in [-0.3, -0.25) is 4.90 Å². The Hall–Kier alpha value is 0.310. The van der Waals surface area contributed by atoms with Crippen LogP contribution in [0.1, 0.15) is 54.4 Å². The third-order valence-corrected chi connectivity index (χ3v) is 5.62. The van der Waals surface area contributed by atoms with Crippen LogP contribution in [0.3, 0.4) is 0 Å². The van der Waals surface area contributed by atoms with Gasteiger partial charge in [-0.05, 0) is 56.5 Å². The minimum absolute atomic E-state index is 0.319. The van der Waals surface area contributed by atoms with E-state index in [4.69, 9.17) is 0 Å². The first-order valence-corrected chi connectivity index (χ1v) is 8.23. The van der Waals surface area contributed by atoms with Crippen LogP contribution in [0.5, 0.6) is 0 Å². The van der Waals surface area contributed by atoms with Crippen molar-refractivity contribution >= 4 is 11.8 Å². The summed E-state index contributed by atoms with van der Waals surface area (Å²) < 4.78 is 0. The maximum absolute atomic E-state index is 2.86. The minimum atomic E-state index is 0.319. The lowest BCUT2D eigenvalue weighted by atomic mass is 9.82. The summed E-state index contributed by atoms with van der Waals surface area (Å²) in [5.74, 6) is 3.70. The molecule has 2 heteroatoms. The highest BCUT2D eigenvalue weighted by atomic mass is 32.2. The second-order valence-corrected chi connectivity index (χ2v) is 9.04. The number of fused-ring (bicyclic) bond motifs is 1. The number of likely N-dealkylation sites (tertiary alicyclic amines) is 1. The highest BCUT2D eigenvalue weighted by Gasteiger charge is 2.49. The summed E-state index contributed by atoms with van der Waals surface area (Å²) in [7, 11) is 0. The summed E-state index contributed by atoms with van der Waals surface area (Å²) in [6.07, 6.45) is 2.82. The van der Waals surface area contributed by atoms with Crippen molar-refractivity contribution in [1.29, 1.82) is 0 Å². The number of rotatable bonds is 0. The molecule has 100 valence electrons. The predicted molar refractivity (Wildman–Crippen MR) is 78.7 cm³/mol. The van der Waals surface area contributed by atoms with E-state index in [2.05, 4.69) is 58.2 Å². The Bertz CT molecular complexity index is 274. The van der Waals surface area contributed by atoms with Gasteiger partial charge in [0.05, 0.1) is 0 Å². The SMILES string of the molecule is CC(C)(C)C1CC2CSCCC2N1C(C)(C)C. The van der Waals surface area contributed by atoms with Crippen molar-refractivity contribution in [2.24, 2.45) is 11.3 Å². The van der Waals surface area contributed by atoms with E-state index < -0.39 is 0 Å². The zero-order valence-corrected chi connectivity index (χ0v) is 13.2. The lowest BCUT2D eigenvalue weighted by Gasteiger charge is -2.47. The first kappa shape index (κ1) is 13.7. The molecular formula is C15H29NS. The Labute approximate surface area is 112 Å². The van der Waals surface area contributed by atoms with Gasteiger partial charge in [0.15, 0.2) is 0 Å². The van der Waals surface area contributed by atoms with Gasteiger partial charge in [-0.15, -0.1) is 0 Å². The molecule has 0 spiro atoms. The monoisotopic (exact) mass is 255 g/mol. The molecule has 0 aliphatic carbocycles. The summed E-state index contributed by atoms with van der Waals surface area (Å²) in [6, 6.07) is 1.61. The normalized spacial score (nSPS) is 36.0. The molecule has 0 radical (unpaired) electrons. The lowest BCUT2D eigenvalue weighted by molar-refractivity contribution is 0.0211. The van der Waals surface area contributed by atoms with Gasteiger partial charge in [0.2, 0.25) is 0 Å². The summed E-state index contributed by atoms with van der Waals surface area (Å²) in [4.78, 5) is 2.86. The van der Waals surface area contributed by atoms with E-state index in [0.29, 0.717) is 11.0 Å². The first-order valence-electron chi connectivity index (χ1n) is 7.07. The summed E-state index contributed by atoms with van der Waals surface area (Å²) in [6.45, 7) is 14.4. The Balaban J connectivity index is 2.27. The van der Waals surface area contributed by atoms with Crippen LogP contribution in [-0.2, 0) is 0 Å². The van der Waals surface area contributed by atoms with E-state index in [-0.39, 0.29) is 0 Å². The molecule has 0 saturated carbocycles. The van der Waals surface area contributed by atoms with Crippen LogP contribution in [0, 0.1) is 11.3 Å². The van der Waals surface area contributed by atoms with Gasteiger partial charge in [-0.1, -0.05) is 20.8 Å². The summed E-state index contributed by atoms with van der Waals surface area (Å²) >= 11 is 2.17. The Morgan fingerprint density at radius 1 is 1.06 bits per heavy atom. The molecule has 2 aliphatic rings. The molecule has 1 nitrogen and oxygen atoms in total. The fraction of sp³-hybridized carbons (Fsp3) is 1.00. The minimum Gasteiger partial charge on any atom is -0.292 e. The van der Waals surface area contributed by atoms with Gasteiger partial charge in [-0.2, -0.15) is 11.8 Å². The van der Waals surface area contributed by atoms with E-state index in [0.717, 1.165) is 18.0 Å². The van der Waals surface area contributed by atoms with Crippen LogP contribution in [0.4, 0.5) is 0 Å². The molecule has 0 N–H and O–H groups in total. The van der Waals surface area contributed by atoms with Crippen LogP contribution in [0.2, 0.25) is 0 Å². The van der Waals surface area contributed by atoms with Crippen molar-refractivity contribution < 1.29 is 0 Å². The predicted octanol–water partition coefficient (Wildman–Crippen LogP) is 4.03. The Morgan fingerprint density at radius 2 is 1.71 bits per heavy atom. The Kier molecular flexibility index (Phi) is 3.60. The molecule has 3 unspecified atom stereocenters. The number of nitrogens with zero attached hydrogens (tertiary/aromatic N) is 1. The Morgan fingerprint density at radius 3 is 2.24 bits per heavy atom. The largest absolute Gasteiger partial charge is 0.292 e. The molecule has 0 aromatic rings. The third kappa shape index (κ3) is 2.68. The zero-order valence-electron chi connectivity index (χ0n) is 12.4. The average Bonchev–Trinajstić information content (AvgIpc) is 2.54. The maximum atomic E-state index is 2.86. The molecule has 0 aromatic carbocycles. The van der Waals surface area contributed by atoms with Gasteiger partial charge in [0.1, 0.15) is 0 Å². The van der Waals surface area contributed by atoms with Crippen molar-refractivity contribution in [3.05, 3.63) is 0 Å². The fourth-order valence-electron chi connectivity index (χ4n) is 3.74. The number of hydrogen-bond donors (Lipinski definition) is 0. The van der Waals surface area contributed by atoms with Crippen LogP contribution >= 0.6 is 11.8 Å². The molecule has 17 heavy (non-hydrogen) atoms. The van der Waals surface area contributed by atoms with Crippen LogP contribution < -0.4 is 0 Å². The number of hydrogen-bond acceptors (Lipinski definition) is 2. The van der Waals surface area contributed by atoms with Crippen LogP contribution in [0.25, 0.3) is 0 Å². The van der Waals surface area contributed by atoms with E-state index in [9.17, 15) is 0 Å². The van der Waals surface area contributed by atoms with Crippen molar-refractivity contribution in [1.82, 2.24) is 4.90 Å². The highest BCUT2D eigenvalue weighted by molar-refractivity contribution is 7.99. The van der Waals surface area contributed by atoms with Gasteiger partial charge < -0.3 is 0 Å². The zero-order chi connectivity index (χ0) is 12.8. The molecule has 2 fully saturated rings. The first-order chi connectivity index (χ1) is 7.71. The molecule has 0 bridgehead atoms. The molecule has 2 aliphatic heterocycles. The molecule has 0 aromatic heterocycles. The molecule has 3 atom stereocenters. The maximum Gasteiger partial charge on any atom is 0.0155 e. The van der Waals surface area contributed by atoms with Crippen molar-refractivity contribution in [2.75, 3.05) is 11.5 Å². The molecule has 2 heterocycles.